The van der Waals surface area contributed by atoms with Gasteiger partial charge >= 0.3 is 5.97 Å². The Bertz CT molecular complexity index is 1070. The van der Waals surface area contributed by atoms with E-state index < -0.39 is 17.9 Å². The smallest absolute Gasteiger partial charge is 0.326 e. The SMILES string of the molecule is COc1cc(COC2CCC2)cc(OC)c1-c1ccc(C[C@H](NC(=O)C(C)=C(Cl)Cl)C(=O)O)cc1. The van der Waals surface area contributed by atoms with E-state index in [1.807, 2.05) is 24.3 Å². The van der Waals surface area contributed by atoms with E-state index in [0.717, 1.165) is 35.1 Å². The van der Waals surface area contributed by atoms with Gasteiger partial charge in [0.2, 0.25) is 5.91 Å². The zero-order chi connectivity index (χ0) is 25.5. The number of methoxy groups -OCH3 is 2. The number of carbonyl (C=O) groups excluding carboxylic acids is 1. The van der Waals surface area contributed by atoms with E-state index in [-0.39, 0.29) is 16.5 Å². The molecule has 0 saturated heterocycles. The van der Waals surface area contributed by atoms with Crippen LogP contribution in [0.4, 0.5) is 0 Å². The number of rotatable bonds is 11. The second kappa shape index (κ2) is 12.3. The molecule has 188 valence electrons. The number of hydrogen-bond acceptors (Lipinski definition) is 5. The summed E-state index contributed by atoms with van der Waals surface area (Å²) in [6.07, 6.45) is 3.82. The van der Waals surface area contributed by atoms with Crippen LogP contribution in [-0.2, 0) is 27.4 Å². The summed E-state index contributed by atoms with van der Waals surface area (Å²) in [5.74, 6) is -0.491. The lowest BCUT2D eigenvalue weighted by atomic mass is 9.96. The fourth-order valence-electron chi connectivity index (χ4n) is 3.68. The van der Waals surface area contributed by atoms with E-state index in [1.54, 1.807) is 26.4 Å². The minimum atomic E-state index is -1.16. The molecule has 0 unspecified atom stereocenters. The summed E-state index contributed by atoms with van der Waals surface area (Å²) in [4.78, 5) is 23.9. The lowest BCUT2D eigenvalue weighted by Gasteiger charge is -2.26. The van der Waals surface area contributed by atoms with Crippen LogP contribution in [0.25, 0.3) is 11.1 Å². The van der Waals surface area contributed by atoms with Gasteiger partial charge in [-0.25, -0.2) is 4.79 Å². The van der Waals surface area contributed by atoms with Gasteiger partial charge in [0.1, 0.15) is 22.0 Å². The Hall–Kier alpha value is -2.74. The molecule has 1 fully saturated rings. The summed E-state index contributed by atoms with van der Waals surface area (Å²) in [5.41, 5.74) is 3.37. The molecule has 1 aliphatic rings. The fraction of sp³-hybridized carbons (Fsp3) is 0.385. The quantitative estimate of drug-likeness (QED) is 0.391. The Kier molecular flexibility index (Phi) is 9.43. The number of aliphatic carboxylic acids is 1. The van der Waals surface area contributed by atoms with Crippen LogP contribution in [0.15, 0.2) is 46.5 Å². The highest BCUT2D eigenvalue weighted by molar-refractivity contribution is 6.57. The summed E-state index contributed by atoms with van der Waals surface area (Å²) in [6.45, 7) is 1.91. The topological polar surface area (TPSA) is 94.1 Å². The van der Waals surface area contributed by atoms with Gasteiger partial charge in [-0.15, -0.1) is 0 Å². The number of halogens is 2. The molecule has 0 radical (unpaired) electrons. The van der Waals surface area contributed by atoms with E-state index in [9.17, 15) is 14.7 Å². The van der Waals surface area contributed by atoms with Gasteiger partial charge in [0.25, 0.3) is 0 Å². The van der Waals surface area contributed by atoms with Crippen LogP contribution in [0, 0.1) is 0 Å². The van der Waals surface area contributed by atoms with Gasteiger partial charge in [0, 0.05) is 12.0 Å². The van der Waals surface area contributed by atoms with Crippen molar-refractivity contribution < 1.29 is 28.9 Å². The van der Waals surface area contributed by atoms with Crippen LogP contribution in [0.1, 0.15) is 37.3 Å². The highest BCUT2D eigenvalue weighted by atomic mass is 35.5. The normalized spacial score (nSPS) is 14.0. The summed E-state index contributed by atoms with van der Waals surface area (Å²) >= 11 is 11.3. The molecule has 35 heavy (non-hydrogen) atoms. The number of carboxylic acid groups (broad SMARTS) is 1. The van der Waals surface area contributed by atoms with E-state index in [4.69, 9.17) is 37.4 Å². The number of ether oxygens (including phenoxy) is 3. The van der Waals surface area contributed by atoms with Crippen molar-refractivity contribution in [3.8, 4) is 22.6 Å². The third kappa shape index (κ3) is 6.90. The summed E-state index contributed by atoms with van der Waals surface area (Å²) in [7, 11) is 3.21. The lowest BCUT2D eigenvalue weighted by molar-refractivity contribution is -0.141. The first-order valence-corrected chi connectivity index (χ1v) is 12.0. The van der Waals surface area contributed by atoms with Gasteiger partial charge in [-0.05, 0) is 55.0 Å². The van der Waals surface area contributed by atoms with Crippen molar-refractivity contribution in [1.29, 1.82) is 0 Å². The molecule has 0 aromatic heterocycles. The number of carbonyl (C=O) groups is 2. The van der Waals surface area contributed by atoms with E-state index in [1.165, 1.54) is 13.3 Å². The van der Waals surface area contributed by atoms with E-state index in [0.29, 0.717) is 24.2 Å². The van der Waals surface area contributed by atoms with Crippen molar-refractivity contribution in [2.75, 3.05) is 14.2 Å². The first kappa shape index (κ1) is 26.9. The predicted molar refractivity (Wildman–Crippen MR) is 135 cm³/mol. The Labute approximate surface area is 215 Å². The lowest BCUT2D eigenvalue weighted by Crippen LogP contribution is -2.42. The van der Waals surface area contributed by atoms with Gasteiger partial charge in [-0.3, -0.25) is 4.79 Å². The van der Waals surface area contributed by atoms with Crippen molar-refractivity contribution in [1.82, 2.24) is 5.32 Å². The van der Waals surface area contributed by atoms with Crippen molar-refractivity contribution in [2.45, 2.75) is 51.4 Å². The van der Waals surface area contributed by atoms with Crippen molar-refractivity contribution in [3.63, 3.8) is 0 Å². The molecule has 1 atom stereocenters. The van der Waals surface area contributed by atoms with Gasteiger partial charge in [0.05, 0.1) is 32.5 Å². The number of benzene rings is 2. The second-order valence-corrected chi connectivity index (χ2v) is 9.34. The minimum absolute atomic E-state index is 0.0515. The number of carboxylic acids is 1. The van der Waals surface area contributed by atoms with Crippen LogP contribution >= 0.6 is 23.2 Å². The third-order valence-electron chi connectivity index (χ3n) is 6.01. The monoisotopic (exact) mass is 521 g/mol. The van der Waals surface area contributed by atoms with Crippen LogP contribution < -0.4 is 14.8 Å². The summed E-state index contributed by atoms with van der Waals surface area (Å²) < 4.78 is 17.0. The first-order valence-electron chi connectivity index (χ1n) is 11.2. The molecular formula is C26H29Cl2NO6. The van der Waals surface area contributed by atoms with Crippen LogP contribution in [0.5, 0.6) is 11.5 Å². The second-order valence-electron chi connectivity index (χ2n) is 8.39. The van der Waals surface area contributed by atoms with Crippen molar-refractivity contribution in [3.05, 3.63) is 57.6 Å². The van der Waals surface area contributed by atoms with E-state index >= 15 is 0 Å². The fourth-order valence-corrected chi connectivity index (χ4v) is 3.85. The zero-order valence-electron chi connectivity index (χ0n) is 19.9. The Morgan fingerprint density at radius 2 is 1.66 bits per heavy atom. The standard InChI is InChI=1S/C26H29Cl2NO6/c1-15(24(27)28)25(30)29-20(26(31)32)11-16-7-9-18(10-8-16)23-21(33-2)12-17(13-22(23)34-3)14-35-19-5-4-6-19/h7-10,12-13,19-20H,4-6,11,14H2,1-3H3,(H,29,30)(H,31,32)/t20-/m0/s1. The van der Waals surface area contributed by atoms with Crippen LogP contribution in [0.3, 0.4) is 0 Å². The Morgan fingerprint density at radius 3 is 2.11 bits per heavy atom. The van der Waals surface area contributed by atoms with Crippen LogP contribution in [0.2, 0.25) is 0 Å². The van der Waals surface area contributed by atoms with Crippen molar-refractivity contribution in [2.24, 2.45) is 0 Å². The Balaban J connectivity index is 1.79. The zero-order valence-corrected chi connectivity index (χ0v) is 21.4. The summed E-state index contributed by atoms with van der Waals surface area (Å²) in [5, 5.41) is 12.0. The Morgan fingerprint density at radius 1 is 1.06 bits per heavy atom. The van der Waals surface area contributed by atoms with Crippen molar-refractivity contribution >= 4 is 35.1 Å². The molecular weight excluding hydrogens is 493 g/mol. The maximum absolute atomic E-state index is 12.2. The predicted octanol–water partition coefficient (Wildman–Crippen LogP) is 5.26. The van der Waals surface area contributed by atoms with Gasteiger partial charge in [-0.1, -0.05) is 47.5 Å². The maximum Gasteiger partial charge on any atom is 0.326 e. The van der Waals surface area contributed by atoms with Gasteiger partial charge < -0.3 is 24.6 Å². The number of hydrogen-bond donors (Lipinski definition) is 2. The number of amides is 1. The molecule has 9 heteroatoms. The number of nitrogens with one attached hydrogen (secondary N) is 1. The molecule has 2 aromatic carbocycles. The molecule has 2 N–H and O–H groups in total. The molecule has 0 aliphatic heterocycles. The van der Waals surface area contributed by atoms with Gasteiger partial charge in [0.15, 0.2) is 0 Å². The highest BCUT2D eigenvalue weighted by Crippen LogP contribution is 2.40. The molecule has 0 spiro atoms. The molecule has 1 saturated carbocycles. The first-order chi connectivity index (χ1) is 16.7. The molecule has 1 aliphatic carbocycles. The molecule has 3 rings (SSSR count). The molecule has 1 amide bonds. The third-order valence-corrected chi connectivity index (χ3v) is 6.58. The summed E-state index contributed by atoms with van der Waals surface area (Å²) in [6, 6.07) is 10.1. The average molecular weight is 522 g/mol. The molecule has 0 heterocycles. The average Bonchev–Trinajstić information content (AvgIpc) is 2.81. The van der Waals surface area contributed by atoms with Gasteiger partial charge in [-0.2, -0.15) is 0 Å². The molecule has 2 aromatic rings. The minimum Gasteiger partial charge on any atom is -0.496 e. The van der Waals surface area contributed by atoms with Crippen LogP contribution in [-0.4, -0.2) is 43.3 Å². The molecule has 7 nitrogen and oxygen atoms in total. The largest absolute Gasteiger partial charge is 0.496 e. The molecule has 0 bridgehead atoms. The maximum atomic E-state index is 12.2. The highest BCUT2D eigenvalue weighted by Gasteiger charge is 2.23. The van der Waals surface area contributed by atoms with E-state index in [2.05, 4.69) is 5.32 Å².